The molecule has 1 heterocycles. The molecule has 0 radical (unpaired) electrons. The van der Waals surface area contributed by atoms with Crippen molar-refractivity contribution in [1.82, 2.24) is 9.71 Å². The Balaban J connectivity index is 1.50. The molecule has 140 valence electrons. The van der Waals surface area contributed by atoms with Crippen LogP contribution in [-0.4, -0.2) is 31.7 Å². The zero-order valence-electron chi connectivity index (χ0n) is 15.2. The van der Waals surface area contributed by atoms with Crippen LogP contribution in [0.3, 0.4) is 0 Å². The summed E-state index contributed by atoms with van der Waals surface area (Å²) < 4.78 is 26.2. The molecule has 26 heavy (non-hydrogen) atoms. The summed E-state index contributed by atoms with van der Waals surface area (Å²) in [6.07, 6.45) is 5.73. The Morgan fingerprint density at radius 2 is 1.88 bits per heavy atom. The van der Waals surface area contributed by atoms with Crippen molar-refractivity contribution in [1.29, 1.82) is 0 Å². The molecule has 0 spiro atoms. The van der Waals surface area contributed by atoms with E-state index in [1.54, 1.807) is 13.1 Å². The normalized spacial score (nSPS) is 20.7. The second-order valence-corrected chi connectivity index (χ2v) is 8.96. The standard InChI is InChI=1S/C20H27N3O2S/c1-2-26(24,25)23-18-11-9-16(10-12-18)15-22-19-7-5-6-17(14-19)20-8-3-4-13-21-20/h3-8,13-14,16,18,22-23H,2,9-12,15H2,1H3/t16-,18-. The van der Waals surface area contributed by atoms with Gasteiger partial charge in [0, 0.05) is 30.0 Å². The Hall–Kier alpha value is -1.92. The quantitative estimate of drug-likeness (QED) is 0.777. The molecule has 1 saturated carbocycles. The van der Waals surface area contributed by atoms with Gasteiger partial charge in [0.15, 0.2) is 0 Å². The number of rotatable bonds is 7. The number of nitrogens with zero attached hydrogens (tertiary/aromatic N) is 1. The smallest absolute Gasteiger partial charge is 0.211 e. The van der Waals surface area contributed by atoms with Gasteiger partial charge in [0.25, 0.3) is 0 Å². The number of hydrogen-bond donors (Lipinski definition) is 2. The molecule has 5 nitrogen and oxygen atoms in total. The number of nitrogens with one attached hydrogen (secondary N) is 2. The summed E-state index contributed by atoms with van der Waals surface area (Å²) in [4.78, 5) is 4.40. The van der Waals surface area contributed by atoms with E-state index in [1.807, 2.05) is 24.3 Å². The average Bonchev–Trinajstić information content (AvgIpc) is 2.68. The summed E-state index contributed by atoms with van der Waals surface area (Å²) >= 11 is 0. The fourth-order valence-corrected chi connectivity index (χ4v) is 4.32. The van der Waals surface area contributed by atoms with E-state index in [9.17, 15) is 8.42 Å². The Labute approximate surface area is 156 Å². The number of sulfonamides is 1. The predicted octanol–water partition coefficient (Wildman–Crippen LogP) is 3.66. The summed E-state index contributed by atoms with van der Waals surface area (Å²) in [7, 11) is -3.09. The summed E-state index contributed by atoms with van der Waals surface area (Å²) in [5.74, 6) is 0.733. The van der Waals surface area contributed by atoms with Crippen molar-refractivity contribution < 1.29 is 8.42 Å². The predicted molar refractivity (Wildman–Crippen MR) is 107 cm³/mol. The highest BCUT2D eigenvalue weighted by Gasteiger charge is 2.23. The van der Waals surface area contributed by atoms with Crippen molar-refractivity contribution >= 4 is 15.7 Å². The fourth-order valence-electron chi connectivity index (χ4n) is 3.41. The van der Waals surface area contributed by atoms with Crippen molar-refractivity contribution in [3.63, 3.8) is 0 Å². The van der Waals surface area contributed by atoms with Gasteiger partial charge in [-0.1, -0.05) is 18.2 Å². The van der Waals surface area contributed by atoms with Gasteiger partial charge in [-0.05, 0) is 62.8 Å². The largest absolute Gasteiger partial charge is 0.385 e. The molecule has 1 aromatic heterocycles. The van der Waals surface area contributed by atoms with Gasteiger partial charge >= 0.3 is 0 Å². The van der Waals surface area contributed by atoms with Crippen LogP contribution in [0.25, 0.3) is 11.3 Å². The Morgan fingerprint density at radius 3 is 2.58 bits per heavy atom. The van der Waals surface area contributed by atoms with E-state index in [0.29, 0.717) is 5.92 Å². The van der Waals surface area contributed by atoms with Crippen LogP contribution in [0.15, 0.2) is 48.7 Å². The highest BCUT2D eigenvalue weighted by molar-refractivity contribution is 7.89. The second-order valence-electron chi connectivity index (χ2n) is 6.92. The van der Waals surface area contributed by atoms with Crippen LogP contribution >= 0.6 is 0 Å². The van der Waals surface area contributed by atoms with Gasteiger partial charge in [0.1, 0.15) is 0 Å². The van der Waals surface area contributed by atoms with Crippen molar-refractivity contribution in [2.45, 2.75) is 38.6 Å². The Morgan fingerprint density at radius 1 is 1.08 bits per heavy atom. The number of hydrogen-bond acceptors (Lipinski definition) is 4. The van der Waals surface area contributed by atoms with Crippen LogP contribution in [0.4, 0.5) is 5.69 Å². The zero-order valence-corrected chi connectivity index (χ0v) is 16.0. The number of pyridine rings is 1. The van der Waals surface area contributed by atoms with Crippen LogP contribution in [-0.2, 0) is 10.0 Å². The maximum atomic E-state index is 11.7. The van der Waals surface area contributed by atoms with Gasteiger partial charge in [-0.2, -0.15) is 0 Å². The highest BCUT2D eigenvalue weighted by Crippen LogP contribution is 2.26. The van der Waals surface area contributed by atoms with Crippen LogP contribution in [0.1, 0.15) is 32.6 Å². The molecule has 3 rings (SSSR count). The third-order valence-corrected chi connectivity index (χ3v) is 6.44. The summed E-state index contributed by atoms with van der Waals surface area (Å²) in [6.45, 7) is 2.59. The molecule has 0 atom stereocenters. The van der Waals surface area contributed by atoms with Gasteiger partial charge in [0.05, 0.1) is 11.4 Å². The van der Waals surface area contributed by atoms with Crippen LogP contribution in [0.2, 0.25) is 0 Å². The van der Waals surface area contributed by atoms with E-state index in [0.717, 1.165) is 49.2 Å². The monoisotopic (exact) mass is 373 g/mol. The minimum absolute atomic E-state index is 0.101. The molecule has 1 fully saturated rings. The maximum Gasteiger partial charge on any atom is 0.211 e. The summed E-state index contributed by atoms with van der Waals surface area (Å²) in [6, 6.07) is 14.3. The first-order chi connectivity index (χ1) is 12.6. The van der Waals surface area contributed by atoms with Crippen molar-refractivity contribution in [2.75, 3.05) is 17.6 Å². The number of anilines is 1. The third-order valence-electron chi connectivity index (χ3n) is 4.99. The van der Waals surface area contributed by atoms with E-state index in [1.165, 1.54) is 0 Å². The molecule has 2 aromatic rings. The lowest BCUT2D eigenvalue weighted by atomic mass is 9.86. The molecule has 0 unspecified atom stereocenters. The zero-order chi connectivity index (χ0) is 18.4. The van der Waals surface area contributed by atoms with Gasteiger partial charge in [-0.3, -0.25) is 4.98 Å². The lowest BCUT2D eigenvalue weighted by molar-refractivity contribution is 0.324. The molecule has 0 amide bonds. The molecule has 2 N–H and O–H groups in total. The van der Waals surface area contributed by atoms with E-state index < -0.39 is 10.0 Å². The minimum Gasteiger partial charge on any atom is -0.385 e. The number of aromatic nitrogens is 1. The molecule has 6 heteroatoms. The van der Waals surface area contributed by atoms with Crippen LogP contribution < -0.4 is 10.0 Å². The second kappa shape index (κ2) is 8.64. The van der Waals surface area contributed by atoms with E-state index >= 15 is 0 Å². The van der Waals surface area contributed by atoms with E-state index in [-0.39, 0.29) is 11.8 Å². The lowest BCUT2D eigenvalue weighted by Gasteiger charge is -2.29. The fraction of sp³-hybridized carbons (Fsp3) is 0.450. The van der Waals surface area contributed by atoms with Crippen molar-refractivity contribution in [2.24, 2.45) is 5.92 Å². The molecule has 0 aliphatic heterocycles. The van der Waals surface area contributed by atoms with E-state index in [2.05, 4.69) is 33.2 Å². The first kappa shape index (κ1) is 18.9. The molecular weight excluding hydrogens is 346 g/mol. The highest BCUT2D eigenvalue weighted by atomic mass is 32.2. The SMILES string of the molecule is CCS(=O)(=O)N[C@H]1CC[C@H](CNc2cccc(-c3ccccn3)c2)CC1. The Kier molecular flexibility index (Phi) is 6.27. The molecule has 1 aromatic carbocycles. The molecule has 1 aliphatic carbocycles. The van der Waals surface area contributed by atoms with Gasteiger partial charge in [-0.15, -0.1) is 0 Å². The molecule has 1 aliphatic rings. The first-order valence-electron chi connectivity index (χ1n) is 9.31. The molecule has 0 bridgehead atoms. The first-order valence-corrected chi connectivity index (χ1v) is 11.0. The van der Waals surface area contributed by atoms with Gasteiger partial charge in [-0.25, -0.2) is 13.1 Å². The van der Waals surface area contributed by atoms with Crippen molar-refractivity contribution in [3.05, 3.63) is 48.7 Å². The van der Waals surface area contributed by atoms with Crippen LogP contribution in [0.5, 0.6) is 0 Å². The summed E-state index contributed by atoms with van der Waals surface area (Å²) in [5.41, 5.74) is 3.18. The molecule has 0 saturated heterocycles. The topological polar surface area (TPSA) is 71.1 Å². The average molecular weight is 374 g/mol. The third kappa shape index (κ3) is 5.29. The van der Waals surface area contributed by atoms with Gasteiger partial charge < -0.3 is 5.32 Å². The van der Waals surface area contributed by atoms with Crippen molar-refractivity contribution in [3.8, 4) is 11.3 Å². The molecular formula is C20H27N3O2S. The van der Waals surface area contributed by atoms with E-state index in [4.69, 9.17) is 0 Å². The summed E-state index contributed by atoms with van der Waals surface area (Å²) in [5, 5.41) is 3.53. The Bertz CT molecular complexity index is 801. The lowest BCUT2D eigenvalue weighted by Crippen LogP contribution is -2.39. The number of benzene rings is 1. The maximum absolute atomic E-state index is 11.7. The minimum atomic E-state index is -3.09. The van der Waals surface area contributed by atoms with Crippen LogP contribution in [0, 0.1) is 5.92 Å². The van der Waals surface area contributed by atoms with Gasteiger partial charge in [0.2, 0.25) is 10.0 Å².